The van der Waals surface area contributed by atoms with Crippen molar-refractivity contribution in [2.75, 3.05) is 59.2 Å². The smallest absolute Gasteiger partial charge is 0.296 e. The molecule has 0 N–H and O–H groups in total. The Labute approximate surface area is 196 Å². The van der Waals surface area contributed by atoms with Crippen molar-refractivity contribution < 1.29 is 18.3 Å². The molecule has 10 nitrogen and oxygen atoms in total. The first kappa shape index (κ1) is 23.9. The minimum Gasteiger partial charge on any atom is -0.378 e. The predicted octanol–water partition coefficient (Wildman–Crippen LogP) is 1.69. The summed E-state index contributed by atoms with van der Waals surface area (Å²) in [5.41, 5.74) is 0.905. The molecule has 1 amide bonds. The van der Waals surface area contributed by atoms with Crippen LogP contribution in [0, 0.1) is 0 Å². The number of ether oxygens (including phenoxy) is 1. The van der Waals surface area contributed by atoms with E-state index in [-0.39, 0.29) is 18.5 Å². The summed E-state index contributed by atoms with van der Waals surface area (Å²) in [7, 11) is 0. The fraction of sp³-hybridized carbons (Fsp3) is 0.500. The van der Waals surface area contributed by atoms with E-state index in [1.807, 2.05) is 9.80 Å². The third kappa shape index (κ3) is 5.28. The summed E-state index contributed by atoms with van der Waals surface area (Å²) >= 11 is 0. The van der Waals surface area contributed by atoms with Crippen LogP contribution in [0.2, 0.25) is 0 Å². The number of aromatic nitrogens is 2. The van der Waals surface area contributed by atoms with Gasteiger partial charge in [0, 0.05) is 46.2 Å². The number of hydrogen-bond acceptors (Lipinski definition) is 5. The molecule has 1 aromatic carbocycles. The fourth-order valence-corrected chi connectivity index (χ4v) is 3.98. The second-order valence-corrected chi connectivity index (χ2v) is 7.99. The monoisotopic (exact) mass is 474 g/mol. The number of carbonyl (C=O) groups is 1. The van der Waals surface area contributed by atoms with Gasteiger partial charge in [-0.3, -0.25) is 14.3 Å². The minimum atomic E-state index is -2.82. The van der Waals surface area contributed by atoms with Gasteiger partial charge in [-0.05, 0) is 18.9 Å². The number of aliphatic imine (C=N–C) groups is 3. The number of imidazole rings is 1. The Balaban J connectivity index is 1.72. The number of hydrogen-bond donors (Lipinski definition) is 0. The molecule has 2 aliphatic heterocycles. The van der Waals surface area contributed by atoms with E-state index in [0.717, 1.165) is 0 Å². The highest BCUT2D eigenvalue weighted by atomic mass is 19.3. The van der Waals surface area contributed by atoms with Crippen LogP contribution in [-0.4, -0.2) is 108 Å². The number of piperazine rings is 1. The predicted molar refractivity (Wildman–Crippen MR) is 126 cm³/mol. The SMILES string of the molecule is C=N/C(=N\C(=N/CN1CCN(C(C)=O)CC1)n1c(C(F)F)nc2ccccc21)N1CCOCC1. The van der Waals surface area contributed by atoms with Crippen LogP contribution in [-0.2, 0) is 9.53 Å². The number of carbonyl (C=O) groups excluding carboxylic acids is 1. The number of para-hydroxylation sites is 2. The molecule has 2 aliphatic rings. The standard InChI is InChI=1S/C22H28F2N8O2/c1-16(33)30-9-7-29(8-10-30)15-26-22(28-21(25-2)31-11-13-34-14-12-31)32-18-6-4-3-5-17(18)27-20(32)19(23)24/h3-6,19H,2,7-15H2,1H3/b26-22+,28-21+. The molecule has 2 aromatic rings. The molecule has 34 heavy (non-hydrogen) atoms. The van der Waals surface area contributed by atoms with Crippen molar-refractivity contribution in [3.8, 4) is 0 Å². The Morgan fingerprint density at radius 2 is 1.79 bits per heavy atom. The highest BCUT2D eigenvalue weighted by Gasteiger charge is 2.24. The number of guanidine groups is 1. The molecule has 0 bridgehead atoms. The molecule has 1 aromatic heterocycles. The fourth-order valence-electron chi connectivity index (χ4n) is 3.98. The molecule has 0 aliphatic carbocycles. The van der Waals surface area contributed by atoms with Crippen molar-refractivity contribution in [2.24, 2.45) is 15.0 Å². The lowest BCUT2D eigenvalue weighted by molar-refractivity contribution is -0.130. The molecule has 3 heterocycles. The lowest BCUT2D eigenvalue weighted by Crippen LogP contribution is -2.48. The maximum atomic E-state index is 14.0. The van der Waals surface area contributed by atoms with Crippen molar-refractivity contribution in [1.29, 1.82) is 0 Å². The quantitative estimate of drug-likeness (QED) is 0.499. The maximum absolute atomic E-state index is 14.0. The molecular weight excluding hydrogens is 446 g/mol. The lowest BCUT2D eigenvalue weighted by atomic mass is 10.3. The van der Waals surface area contributed by atoms with Crippen LogP contribution in [0.25, 0.3) is 11.0 Å². The van der Waals surface area contributed by atoms with Crippen molar-refractivity contribution in [3.63, 3.8) is 0 Å². The van der Waals surface area contributed by atoms with E-state index in [4.69, 9.17) is 4.74 Å². The second kappa shape index (κ2) is 10.8. The first-order valence-corrected chi connectivity index (χ1v) is 11.1. The molecule has 2 fully saturated rings. The topological polar surface area (TPSA) is 90.9 Å². The van der Waals surface area contributed by atoms with Gasteiger partial charge in [0.1, 0.15) is 0 Å². The molecule has 182 valence electrons. The number of alkyl halides is 2. The highest BCUT2D eigenvalue weighted by molar-refractivity contribution is 6.01. The Morgan fingerprint density at radius 1 is 1.09 bits per heavy atom. The van der Waals surface area contributed by atoms with E-state index in [0.29, 0.717) is 69.5 Å². The third-order valence-electron chi connectivity index (χ3n) is 5.85. The van der Waals surface area contributed by atoms with E-state index in [9.17, 15) is 13.6 Å². The summed E-state index contributed by atoms with van der Waals surface area (Å²) in [4.78, 5) is 34.7. The van der Waals surface area contributed by atoms with Gasteiger partial charge in [-0.1, -0.05) is 12.1 Å². The van der Waals surface area contributed by atoms with Crippen molar-refractivity contribution in [1.82, 2.24) is 24.3 Å². The normalized spacial score (nSPS) is 18.7. The minimum absolute atomic E-state index is 0.0344. The van der Waals surface area contributed by atoms with Gasteiger partial charge >= 0.3 is 0 Å². The molecule has 0 radical (unpaired) electrons. The molecule has 0 spiro atoms. The number of halogens is 2. The van der Waals surface area contributed by atoms with Gasteiger partial charge in [0.15, 0.2) is 5.82 Å². The van der Waals surface area contributed by atoms with Gasteiger partial charge in [-0.25, -0.2) is 23.7 Å². The van der Waals surface area contributed by atoms with E-state index in [1.165, 1.54) is 4.57 Å². The number of rotatable bonds is 3. The van der Waals surface area contributed by atoms with Gasteiger partial charge in [0.2, 0.25) is 17.8 Å². The Morgan fingerprint density at radius 3 is 2.44 bits per heavy atom. The highest BCUT2D eigenvalue weighted by Crippen LogP contribution is 2.24. The van der Waals surface area contributed by atoms with Gasteiger partial charge < -0.3 is 14.5 Å². The van der Waals surface area contributed by atoms with Crippen LogP contribution in [0.1, 0.15) is 19.2 Å². The summed E-state index contributed by atoms with van der Waals surface area (Å²) in [6, 6.07) is 6.88. The summed E-state index contributed by atoms with van der Waals surface area (Å²) in [5.74, 6) is -0.0454. The Hall–Kier alpha value is -3.25. The summed E-state index contributed by atoms with van der Waals surface area (Å²) in [5, 5.41) is 0. The molecule has 12 heteroatoms. The van der Waals surface area contributed by atoms with Crippen LogP contribution >= 0.6 is 0 Å². The summed E-state index contributed by atoms with van der Waals surface area (Å²) in [6.45, 7) is 9.98. The van der Waals surface area contributed by atoms with Crippen molar-refractivity contribution in [3.05, 3.63) is 30.1 Å². The third-order valence-corrected chi connectivity index (χ3v) is 5.85. The van der Waals surface area contributed by atoms with E-state index >= 15 is 0 Å². The van der Waals surface area contributed by atoms with Gasteiger partial charge in [0.25, 0.3) is 6.43 Å². The number of fused-ring (bicyclic) bond motifs is 1. The molecule has 0 atom stereocenters. The van der Waals surface area contributed by atoms with Crippen molar-refractivity contribution >= 4 is 35.6 Å². The Bertz CT molecular complexity index is 1090. The summed E-state index contributed by atoms with van der Waals surface area (Å²) < 4.78 is 34.7. The van der Waals surface area contributed by atoms with Crippen molar-refractivity contribution in [2.45, 2.75) is 13.3 Å². The van der Waals surface area contributed by atoms with Gasteiger partial charge in [-0.15, -0.1) is 0 Å². The molecule has 4 rings (SSSR count). The second-order valence-electron chi connectivity index (χ2n) is 7.99. The first-order chi connectivity index (χ1) is 16.5. The van der Waals surface area contributed by atoms with Crippen LogP contribution in [0.5, 0.6) is 0 Å². The largest absolute Gasteiger partial charge is 0.378 e. The van der Waals surface area contributed by atoms with Crippen LogP contribution in [0.4, 0.5) is 8.78 Å². The average molecular weight is 475 g/mol. The molecular formula is C22H28F2N8O2. The van der Waals surface area contributed by atoms with E-state index in [1.54, 1.807) is 36.1 Å². The molecule has 2 saturated heterocycles. The van der Waals surface area contributed by atoms with E-state index in [2.05, 4.69) is 26.7 Å². The number of benzene rings is 1. The van der Waals surface area contributed by atoms with Crippen LogP contribution in [0.15, 0.2) is 39.2 Å². The van der Waals surface area contributed by atoms with Gasteiger partial charge in [0.05, 0.1) is 30.9 Å². The number of morpholine rings is 1. The van der Waals surface area contributed by atoms with E-state index < -0.39 is 12.2 Å². The zero-order chi connectivity index (χ0) is 24.1. The molecule has 0 saturated carbocycles. The van der Waals surface area contributed by atoms with Gasteiger partial charge in [-0.2, -0.15) is 4.99 Å². The zero-order valence-electron chi connectivity index (χ0n) is 19.1. The maximum Gasteiger partial charge on any atom is 0.296 e. The summed E-state index contributed by atoms with van der Waals surface area (Å²) in [6.07, 6.45) is -2.82. The number of amides is 1. The molecule has 0 unspecified atom stereocenters. The lowest BCUT2D eigenvalue weighted by Gasteiger charge is -2.33. The Kier molecular flexibility index (Phi) is 7.58. The van der Waals surface area contributed by atoms with Crippen LogP contribution < -0.4 is 0 Å². The van der Waals surface area contributed by atoms with Crippen LogP contribution in [0.3, 0.4) is 0 Å². The zero-order valence-corrected chi connectivity index (χ0v) is 19.1. The first-order valence-electron chi connectivity index (χ1n) is 11.1. The average Bonchev–Trinajstić information content (AvgIpc) is 3.25. The number of nitrogens with zero attached hydrogens (tertiary/aromatic N) is 8.